The third-order valence-corrected chi connectivity index (χ3v) is 2.24. The van der Waals surface area contributed by atoms with Gasteiger partial charge in [0.15, 0.2) is 0 Å². The van der Waals surface area contributed by atoms with Crippen molar-refractivity contribution in [3.8, 4) is 12.3 Å². The smallest absolute Gasteiger partial charge is 0.0431 e. The molecule has 0 aromatic heterocycles. The highest BCUT2D eigenvalue weighted by atomic mass is 16.2. The van der Waals surface area contributed by atoms with Crippen LogP contribution in [0.4, 0.5) is 0 Å². The van der Waals surface area contributed by atoms with Crippen molar-refractivity contribution in [2.45, 2.75) is 51.4 Å². The topological polar surface area (TPSA) is 20.2 Å². The first-order valence-electron chi connectivity index (χ1n) is 5.64. The van der Waals surface area contributed by atoms with Crippen LogP contribution in [-0.4, -0.2) is 11.7 Å². The molecule has 0 spiro atoms. The summed E-state index contributed by atoms with van der Waals surface area (Å²) in [6.07, 6.45) is 18.6. The van der Waals surface area contributed by atoms with Crippen LogP contribution >= 0.6 is 0 Å². The zero-order valence-corrected chi connectivity index (χ0v) is 9.04. The fourth-order valence-corrected chi connectivity index (χ4v) is 1.41. The third-order valence-electron chi connectivity index (χ3n) is 2.24. The second-order valence-corrected chi connectivity index (χ2v) is 3.56. The molecule has 0 aromatic rings. The first kappa shape index (κ1) is 13.3. The second kappa shape index (κ2) is 12.3. The summed E-state index contributed by atoms with van der Waals surface area (Å²) in [5.74, 6) is 2.49. The molecule has 0 aliphatic heterocycles. The van der Waals surface area contributed by atoms with Gasteiger partial charge < -0.3 is 5.11 Å². The van der Waals surface area contributed by atoms with Crippen molar-refractivity contribution in [2.24, 2.45) is 0 Å². The number of unbranched alkanes of at least 4 members (excludes halogenated alkanes) is 7. The first-order valence-corrected chi connectivity index (χ1v) is 5.64. The minimum absolute atomic E-state index is 0.344. The van der Waals surface area contributed by atoms with Gasteiger partial charge in [0.25, 0.3) is 0 Å². The molecule has 80 valence electrons. The molecule has 0 saturated heterocycles. The van der Waals surface area contributed by atoms with Crippen molar-refractivity contribution < 1.29 is 5.11 Å². The molecule has 0 rings (SSSR count). The predicted octanol–water partition coefficient (Wildman–Crippen LogP) is 3.29. The number of aliphatic hydroxyl groups excluding tert-OH is 1. The molecule has 1 heteroatoms. The van der Waals surface area contributed by atoms with Gasteiger partial charge in [0.2, 0.25) is 0 Å². The highest BCUT2D eigenvalue weighted by molar-refractivity contribution is 5.08. The van der Waals surface area contributed by atoms with E-state index in [9.17, 15) is 0 Å². The van der Waals surface area contributed by atoms with Gasteiger partial charge in [-0.1, -0.05) is 44.1 Å². The van der Waals surface area contributed by atoms with Crippen LogP contribution in [0.3, 0.4) is 0 Å². The van der Waals surface area contributed by atoms with Crippen LogP contribution in [0.15, 0.2) is 12.2 Å². The minimum atomic E-state index is 0.344. The Balaban J connectivity index is 2.93. The quantitative estimate of drug-likeness (QED) is 0.441. The van der Waals surface area contributed by atoms with E-state index in [1.807, 2.05) is 0 Å². The summed E-state index contributed by atoms with van der Waals surface area (Å²) in [5.41, 5.74) is 0. The Kier molecular flexibility index (Phi) is 11.6. The van der Waals surface area contributed by atoms with Crippen LogP contribution in [0.2, 0.25) is 0 Å². The summed E-state index contributed by atoms with van der Waals surface area (Å²) in [6.45, 7) is 0.344. The normalized spacial score (nSPS) is 10.6. The molecule has 14 heavy (non-hydrogen) atoms. The minimum Gasteiger partial charge on any atom is -0.396 e. The summed E-state index contributed by atoms with van der Waals surface area (Å²) in [5, 5.41) is 8.57. The van der Waals surface area contributed by atoms with Crippen molar-refractivity contribution in [3.05, 3.63) is 12.2 Å². The highest BCUT2D eigenvalue weighted by Crippen LogP contribution is 2.08. The average molecular weight is 194 g/mol. The van der Waals surface area contributed by atoms with Gasteiger partial charge in [-0.2, -0.15) is 0 Å². The number of terminal acetylenes is 1. The number of rotatable bonds is 9. The molecule has 0 heterocycles. The lowest BCUT2D eigenvalue weighted by atomic mass is 10.1. The Morgan fingerprint density at radius 3 is 2.07 bits per heavy atom. The summed E-state index contributed by atoms with van der Waals surface area (Å²) < 4.78 is 0. The molecule has 0 saturated carbocycles. The van der Waals surface area contributed by atoms with Gasteiger partial charge in [-0.15, -0.1) is 6.42 Å². The van der Waals surface area contributed by atoms with Gasteiger partial charge >= 0.3 is 0 Å². The Morgan fingerprint density at radius 1 is 0.929 bits per heavy atom. The van der Waals surface area contributed by atoms with Crippen LogP contribution in [0.1, 0.15) is 51.4 Å². The van der Waals surface area contributed by atoms with Crippen LogP contribution in [-0.2, 0) is 0 Å². The molecule has 0 aliphatic carbocycles. The molecule has 0 unspecified atom stereocenters. The van der Waals surface area contributed by atoms with E-state index in [-0.39, 0.29) is 0 Å². The van der Waals surface area contributed by atoms with E-state index in [1.165, 1.54) is 38.5 Å². The van der Waals surface area contributed by atoms with Crippen molar-refractivity contribution in [1.29, 1.82) is 0 Å². The monoisotopic (exact) mass is 194 g/mol. The maximum atomic E-state index is 8.57. The zero-order chi connectivity index (χ0) is 10.5. The second-order valence-electron chi connectivity index (χ2n) is 3.56. The fraction of sp³-hybridized carbons (Fsp3) is 0.692. The van der Waals surface area contributed by atoms with Gasteiger partial charge in [0.1, 0.15) is 0 Å². The Hall–Kier alpha value is -0.740. The van der Waals surface area contributed by atoms with Crippen LogP contribution < -0.4 is 0 Å². The molecule has 0 amide bonds. The molecule has 0 atom stereocenters. The van der Waals surface area contributed by atoms with Crippen LogP contribution in [0, 0.1) is 12.3 Å². The van der Waals surface area contributed by atoms with E-state index in [0.29, 0.717) is 6.61 Å². The third kappa shape index (κ3) is 11.3. The molecular formula is C13H22O. The van der Waals surface area contributed by atoms with Gasteiger partial charge in [0.05, 0.1) is 0 Å². The van der Waals surface area contributed by atoms with Crippen molar-refractivity contribution in [1.82, 2.24) is 0 Å². The van der Waals surface area contributed by atoms with Gasteiger partial charge in [-0.25, -0.2) is 0 Å². The number of hydrogen-bond acceptors (Lipinski definition) is 1. The molecule has 0 aliphatic rings. The van der Waals surface area contributed by atoms with E-state index >= 15 is 0 Å². The SMILES string of the molecule is C#C/C=C/CCCCCCCCCO. The summed E-state index contributed by atoms with van der Waals surface area (Å²) in [7, 11) is 0. The van der Waals surface area contributed by atoms with Gasteiger partial charge in [-0.05, 0) is 25.3 Å². The summed E-state index contributed by atoms with van der Waals surface area (Å²) in [6, 6.07) is 0. The van der Waals surface area contributed by atoms with Crippen molar-refractivity contribution in [2.75, 3.05) is 6.61 Å². The maximum absolute atomic E-state index is 8.57. The van der Waals surface area contributed by atoms with Crippen LogP contribution in [0.25, 0.3) is 0 Å². The van der Waals surface area contributed by atoms with Crippen molar-refractivity contribution in [3.63, 3.8) is 0 Å². The molecule has 0 radical (unpaired) electrons. The number of aliphatic hydroxyl groups is 1. The van der Waals surface area contributed by atoms with Gasteiger partial charge in [0, 0.05) is 6.61 Å². The molecule has 0 fully saturated rings. The Bertz CT molecular complexity index is 165. The van der Waals surface area contributed by atoms with Crippen molar-refractivity contribution >= 4 is 0 Å². The van der Waals surface area contributed by atoms with Gasteiger partial charge in [-0.3, -0.25) is 0 Å². The number of hydrogen-bond donors (Lipinski definition) is 1. The molecular weight excluding hydrogens is 172 g/mol. The lowest BCUT2D eigenvalue weighted by Gasteiger charge is -1.99. The highest BCUT2D eigenvalue weighted by Gasteiger charge is 1.90. The van der Waals surface area contributed by atoms with E-state index in [2.05, 4.69) is 12.0 Å². The molecule has 0 aromatic carbocycles. The molecule has 1 N–H and O–H groups in total. The lowest BCUT2D eigenvalue weighted by molar-refractivity contribution is 0.282. The van der Waals surface area contributed by atoms with E-state index in [1.54, 1.807) is 6.08 Å². The standard InChI is InChI=1S/C13H22O/c1-2-3-4-5-6-7-8-9-10-11-12-13-14/h1,3-4,14H,5-13H2/b4-3+. The molecule has 1 nitrogen and oxygen atoms in total. The summed E-state index contributed by atoms with van der Waals surface area (Å²) >= 11 is 0. The lowest BCUT2D eigenvalue weighted by Crippen LogP contribution is -1.83. The number of allylic oxidation sites excluding steroid dienone is 2. The Labute approximate surface area is 88.2 Å². The Morgan fingerprint density at radius 2 is 1.50 bits per heavy atom. The maximum Gasteiger partial charge on any atom is 0.0431 e. The zero-order valence-electron chi connectivity index (χ0n) is 9.04. The average Bonchev–Trinajstić information content (AvgIpc) is 2.21. The fourth-order valence-electron chi connectivity index (χ4n) is 1.41. The predicted molar refractivity (Wildman–Crippen MR) is 62.0 cm³/mol. The van der Waals surface area contributed by atoms with E-state index < -0.39 is 0 Å². The largest absolute Gasteiger partial charge is 0.396 e. The van der Waals surface area contributed by atoms with Crippen LogP contribution in [0.5, 0.6) is 0 Å². The summed E-state index contributed by atoms with van der Waals surface area (Å²) in [4.78, 5) is 0. The van der Waals surface area contributed by atoms with E-state index in [4.69, 9.17) is 11.5 Å². The van der Waals surface area contributed by atoms with E-state index in [0.717, 1.165) is 12.8 Å². The molecule has 0 bridgehead atoms. The first-order chi connectivity index (χ1) is 6.91.